The van der Waals surface area contributed by atoms with Crippen LogP contribution in [-0.4, -0.2) is 34.0 Å². The van der Waals surface area contributed by atoms with Crippen molar-refractivity contribution in [2.24, 2.45) is 12.8 Å². The van der Waals surface area contributed by atoms with Crippen LogP contribution in [0.25, 0.3) is 0 Å². The predicted molar refractivity (Wildman–Crippen MR) is 54.4 cm³/mol. The monoisotopic (exact) mass is 219 g/mol. The number of carbonyl (C=O) groups excluding carboxylic acids is 1. The van der Waals surface area contributed by atoms with Crippen molar-refractivity contribution in [2.75, 3.05) is 13.1 Å². The normalized spacial score (nSPS) is 9.36. The van der Waals surface area contributed by atoms with Crippen molar-refractivity contribution in [2.45, 2.75) is 6.92 Å². The van der Waals surface area contributed by atoms with Gasteiger partial charge in [0.1, 0.15) is 0 Å². The first-order valence-electron chi connectivity index (χ1n) is 4.01. The average Bonchev–Trinajstić information content (AvgIpc) is 2.44. The first-order chi connectivity index (χ1) is 6.16. The first-order valence-corrected chi connectivity index (χ1v) is 4.01. The van der Waals surface area contributed by atoms with E-state index in [9.17, 15) is 4.79 Å². The third-order valence-corrected chi connectivity index (χ3v) is 1.75. The zero-order chi connectivity index (χ0) is 9.84. The van der Waals surface area contributed by atoms with Gasteiger partial charge < -0.3 is 11.1 Å². The Morgan fingerprint density at radius 2 is 2.29 bits per heavy atom. The van der Waals surface area contributed by atoms with Crippen LogP contribution in [-0.2, 0) is 7.05 Å². The fourth-order valence-electron chi connectivity index (χ4n) is 0.884. The Kier molecular flexibility index (Phi) is 5.11. The first kappa shape index (κ1) is 12.9. The molecule has 1 aromatic heterocycles. The molecule has 0 fully saturated rings. The molecule has 0 bridgehead atoms. The molecule has 14 heavy (non-hydrogen) atoms. The van der Waals surface area contributed by atoms with E-state index >= 15 is 0 Å². The number of aryl methyl sites for hydroxylation is 1. The smallest absolute Gasteiger partial charge is 0.273 e. The fraction of sp³-hybridized carbons (Fsp3) is 0.571. The van der Waals surface area contributed by atoms with Gasteiger partial charge in [0, 0.05) is 20.1 Å². The molecule has 0 unspecified atom stereocenters. The Bertz CT molecular complexity index is 311. The summed E-state index contributed by atoms with van der Waals surface area (Å²) in [7, 11) is 1.74. The van der Waals surface area contributed by atoms with Gasteiger partial charge in [-0.25, -0.2) is 0 Å². The number of amides is 1. The molecule has 0 saturated carbocycles. The molecule has 6 nitrogen and oxygen atoms in total. The van der Waals surface area contributed by atoms with E-state index in [0.717, 1.165) is 5.69 Å². The highest BCUT2D eigenvalue weighted by Gasteiger charge is 2.13. The number of nitrogens with zero attached hydrogens (tertiary/aromatic N) is 3. The molecule has 0 spiro atoms. The van der Waals surface area contributed by atoms with E-state index in [-0.39, 0.29) is 18.3 Å². The summed E-state index contributed by atoms with van der Waals surface area (Å²) in [6.07, 6.45) is 0. The zero-order valence-corrected chi connectivity index (χ0v) is 8.97. The number of carbonyl (C=O) groups is 1. The molecule has 0 aliphatic heterocycles. The van der Waals surface area contributed by atoms with Crippen LogP contribution in [0.4, 0.5) is 0 Å². The summed E-state index contributed by atoms with van der Waals surface area (Å²) >= 11 is 0. The fourth-order valence-corrected chi connectivity index (χ4v) is 0.884. The van der Waals surface area contributed by atoms with E-state index in [1.54, 1.807) is 18.7 Å². The van der Waals surface area contributed by atoms with Crippen molar-refractivity contribution in [3.05, 3.63) is 11.4 Å². The van der Waals surface area contributed by atoms with Crippen LogP contribution in [0.2, 0.25) is 0 Å². The van der Waals surface area contributed by atoms with E-state index in [4.69, 9.17) is 5.73 Å². The van der Waals surface area contributed by atoms with E-state index in [2.05, 4.69) is 15.6 Å². The number of halogens is 1. The Labute approximate surface area is 88.3 Å². The summed E-state index contributed by atoms with van der Waals surface area (Å²) in [5, 5.41) is 10.1. The van der Waals surface area contributed by atoms with Gasteiger partial charge in [-0.3, -0.25) is 9.48 Å². The van der Waals surface area contributed by atoms with Gasteiger partial charge in [-0.2, -0.15) is 0 Å². The Morgan fingerprint density at radius 1 is 1.64 bits per heavy atom. The topological polar surface area (TPSA) is 85.8 Å². The maximum absolute atomic E-state index is 11.4. The molecule has 0 radical (unpaired) electrons. The van der Waals surface area contributed by atoms with Crippen molar-refractivity contribution in [3.8, 4) is 0 Å². The quantitative estimate of drug-likeness (QED) is 0.700. The van der Waals surface area contributed by atoms with Crippen molar-refractivity contribution in [1.82, 2.24) is 20.3 Å². The molecule has 0 aliphatic carbocycles. The van der Waals surface area contributed by atoms with Gasteiger partial charge >= 0.3 is 0 Å². The zero-order valence-electron chi connectivity index (χ0n) is 8.15. The highest BCUT2D eigenvalue weighted by atomic mass is 35.5. The summed E-state index contributed by atoms with van der Waals surface area (Å²) in [5.41, 5.74) is 6.34. The molecular weight excluding hydrogens is 206 g/mol. The number of rotatable bonds is 3. The molecule has 1 heterocycles. The minimum Gasteiger partial charge on any atom is -0.349 e. The largest absolute Gasteiger partial charge is 0.349 e. The molecule has 0 aromatic carbocycles. The van der Waals surface area contributed by atoms with Gasteiger partial charge in [-0.1, -0.05) is 5.21 Å². The van der Waals surface area contributed by atoms with Crippen molar-refractivity contribution in [3.63, 3.8) is 0 Å². The van der Waals surface area contributed by atoms with E-state index < -0.39 is 0 Å². The summed E-state index contributed by atoms with van der Waals surface area (Å²) in [4.78, 5) is 11.4. The lowest BCUT2D eigenvalue weighted by molar-refractivity contribution is 0.0949. The minimum absolute atomic E-state index is 0. The van der Waals surface area contributed by atoms with Crippen LogP contribution in [0.1, 0.15) is 16.2 Å². The van der Waals surface area contributed by atoms with E-state index in [1.165, 1.54) is 0 Å². The SMILES string of the molecule is Cc1c(C(=O)NCCN)nnn1C.Cl. The maximum atomic E-state index is 11.4. The second-order valence-electron chi connectivity index (χ2n) is 2.69. The number of aromatic nitrogens is 3. The average molecular weight is 220 g/mol. The van der Waals surface area contributed by atoms with Gasteiger partial charge in [-0.15, -0.1) is 17.5 Å². The predicted octanol–water partition coefficient (Wildman–Crippen LogP) is -0.766. The van der Waals surface area contributed by atoms with Gasteiger partial charge in [-0.05, 0) is 6.92 Å². The molecule has 0 aliphatic rings. The van der Waals surface area contributed by atoms with E-state index in [1.807, 2.05) is 0 Å². The minimum atomic E-state index is -0.226. The van der Waals surface area contributed by atoms with Gasteiger partial charge in [0.15, 0.2) is 5.69 Å². The molecule has 1 aromatic rings. The van der Waals surface area contributed by atoms with E-state index in [0.29, 0.717) is 18.8 Å². The molecule has 1 rings (SSSR count). The van der Waals surface area contributed by atoms with Crippen LogP contribution in [0, 0.1) is 6.92 Å². The maximum Gasteiger partial charge on any atom is 0.273 e. The van der Waals surface area contributed by atoms with Gasteiger partial charge in [0.05, 0.1) is 5.69 Å². The molecule has 3 N–H and O–H groups in total. The Balaban J connectivity index is 0.00000169. The lowest BCUT2D eigenvalue weighted by Gasteiger charge is -2.00. The summed E-state index contributed by atoms with van der Waals surface area (Å²) in [6, 6.07) is 0. The Morgan fingerprint density at radius 3 is 2.71 bits per heavy atom. The van der Waals surface area contributed by atoms with Crippen LogP contribution in [0.5, 0.6) is 0 Å². The van der Waals surface area contributed by atoms with Crippen LogP contribution >= 0.6 is 12.4 Å². The van der Waals surface area contributed by atoms with Crippen molar-refractivity contribution < 1.29 is 4.79 Å². The Hall–Kier alpha value is -1.14. The second kappa shape index (κ2) is 5.56. The van der Waals surface area contributed by atoms with Crippen molar-refractivity contribution >= 4 is 18.3 Å². The van der Waals surface area contributed by atoms with Crippen LogP contribution in [0.3, 0.4) is 0 Å². The third-order valence-electron chi connectivity index (χ3n) is 1.75. The van der Waals surface area contributed by atoms with Gasteiger partial charge in [0.2, 0.25) is 0 Å². The number of hydrogen-bond acceptors (Lipinski definition) is 4. The number of nitrogens with two attached hydrogens (primary N) is 1. The molecule has 0 saturated heterocycles. The highest BCUT2D eigenvalue weighted by Crippen LogP contribution is 2.00. The van der Waals surface area contributed by atoms with Crippen molar-refractivity contribution in [1.29, 1.82) is 0 Å². The number of hydrogen-bond donors (Lipinski definition) is 2. The summed E-state index contributed by atoms with van der Waals surface area (Å²) in [5.74, 6) is -0.226. The molecular formula is C7H14ClN5O. The molecule has 7 heteroatoms. The summed E-state index contributed by atoms with van der Waals surface area (Å²) in [6.45, 7) is 2.66. The lowest BCUT2D eigenvalue weighted by atomic mass is 10.3. The lowest BCUT2D eigenvalue weighted by Crippen LogP contribution is -2.29. The molecule has 80 valence electrons. The molecule has 1 amide bonds. The van der Waals surface area contributed by atoms with Gasteiger partial charge in [0.25, 0.3) is 5.91 Å². The standard InChI is InChI=1S/C7H13N5O.ClH/c1-5-6(10-11-12(5)2)7(13)9-4-3-8;/h3-4,8H2,1-2H3,(H,9,13);1H. The highest BCUT2D eigenvalue weighted by molar-refractivity contribution is 5.93. The molecule has 0 atom stereocenters. The summed E-state index contributed by atoms with van der Waals surface area (Å²) < 4.78 is 1.55. The van der Waals surface area contributed by atoms with Crippen LogP contribution in [0.15, 0.2) is 0 Å². The third kappa shape index (κ3) is 2.68. The number of nitrogens with one attached hydrogen (secondary N) is 1. The second-order valence-corrected chi connectivity index (χ2v) is 2.69. The van der Waals surface area contributed by atoms with Crippen LogP contribution < -0.4 is 11.1 Å².